The molecule has 1 unspecified atom stereocenters. The quantitative estimate of drug-likeness (QED) is 0.811. The number of rotatable bonds is 1. The zero-order chi connectivity index (χ0) is 16.8. The molecule has 1 aromatic carbocycles. The minimum atomic E-state index is -0.908. The highest BCUT2D eigenvalue weighted by molar-refractivity contribution is 5.94. The maximum absolute atomic E-state index is 13.2. The van der Waals surface area contributed by atoms with E-state index in [-0.39, 0.29) is 18.1 Å². The molecule has 0 saturated carbocycles. The van der Waals surface area contributed by atoms with Gasteiger partial charge in [-0.15, -0.1) is 0 Å². The molecule has 23 heavy (non-hydrogen) atoms. The predicted octanol–water partition coefficient (Wildman–Crippen LogP) is 3.09. The van der Waals surface area contributed by atoms with Gasteiger partial charge in [0.05, 0.1) is 11.6 Å². The number of allylic oxidation sites excluding steroid dienone is 2. The first-order valence-electron chi connectivity index (χ1n) is 7.70. The Morgan fingerprint density at radius 3 is 2.52 bits per heavy atom. The molecule has 4 heteroatoms. The summed E-state index contributed by atoms with van der Waals surface area (Å²) in [5, 5.41) is 20.0. The Morgan fingerprint density at radius 1 is 1.26 bits per heavy atom. The van der Waals surface area contributed by atoms with Crippen molar-refractivity contribution < 1.29 is 9.90 Å². The van der Waals surface area contributed by atoms with Gasteiger partial charge in [0.15, 0.2) is 0 Å². The maximum atomic E-state index is 13.2. The van der Waals surface area contributed by atoms with Gasteiger partial charge in [-0.3, -0.25) is 4.79 Å². The van der Waals surface area contributed by atoms with E-state index < -0.39 is 10.8 Å². The van der Waals surface area contributed by atoms with Gasteiger partial charge in [0.1, 0.15) is 11.2 Å². The second-order valence-electron chi connectivity index (χ2n) is 6.82. The van der Waals surface area contributed by atoms with Gasteiger partial charge in [-0.25, -0.2) is 0 Å². The molecule has 2 aliphatic rings. The molecule has 118 valence electrons. The highest BCUT2D eigenvalue weighted by Crippen LogP contribution is 2.55. The molecular weight excluding hydrogens is 288 g/mol. The molecule has 0 bridgehead atoms. The van der Waals surface area contributed by atoms with Gasteiger partial charge in [-0.05, 0) is 25.0 Å². The Kier molecular flexibility index (Phi) is 3.33. The number of nitriles is 1. The number of hydrogen-bond donors (Lipinski definition) is 1. The van der Waals surface area contributed by atoms with Crippen molar-refractivity contribution in [2.75, 3.05) is 13.6 Å². The fourth-order valence-corrected chi connectivity index (χ4v) is 3.94. The first kappa shape index (κ1) is 15.4. The summed E-state index contributed by atoms with van der Waals surface area (Å²) in [6.45, 7) is 4.27. The number of benzene rings is 1. The molecular formula is C19H20N2O2. The van der Waals surface area contributed by atoms with Crippen LogP contribution in [0.2, 0.25) is 0 Å². The van der Waals surface area contributed by atoms with Crippen molar-refractivity contribution in [2.45, 2.75) is 25.7 Å². The molecule has 0 fully saturated rings. The number of aliphatic hydroxyl groups excluding tert-OH is 1. The molecule has 3 rings (SSSR count). The molecule has 1 atom stereocenters. The average Bonchev–Trinajstić information content (AvgIpc) is 2.55. The lowest BCUT2D eigenvalue weighted by Gasteiger charge is -2.49. The smallest absolute Gasteiger partial charge is 0.237 e. The number of carbonyl (C=O) groups excluding carboxylic acids is 1. The van der Waals surface area contributed by atoms with Crippen molar-refractivity contribution >= 4 is 5.91 Å². The number of hydrogen-bond acceptors (Lipinski definition) is 3. The number of nitrogens with zero attached hydrogens (tertiary/aromatic N) is 2. The highest BCUT2D eigenvalue weighted by atomic mass is 16.3. The second kappa shape index (κ2) is 4.99. The van der Waals surface area contributed by atoms with Crippen LogP contribution in [-0.4, -0.2) is 29.5 Å². The van der Waals surface area contributed by atoms with Crippen LogP contribution in [0.5, 0.6) is 0 Å². The summed E-state index contributed by atoms with van der Waals surface area (Å²) in [6, 6.07) is 11.7. The van der Waals surface area contributed by atoms with Crippen LogP contribution in [-0.2, 0) is 10.2 Å². The third kappa shape index (κ3) is 1.93. The lowest BCUT2D eigenvalue weighted by atomic mass is 9.56. The van der Waals surface area contributed by atoms with Crippen LogP contribution in [0.4, 0.5) is 0 Å². The normalized spacial score (nSPS) is 26.4. The topological polar surface area (TPSA) is 64.3 Å². The number of fused-ring (bicyclic) bond motifs is 1. The molecule has 0 spiro atoms. The first-order valence-corrected chi connectivity index (χ1v) is 7.70. The van der Waals surface area contributed by atoms with Crippen LogP contribution < -0.4 is 0 Å². The van der Waals surface area contributed by atoms with E-state index in [2.05, 4.69) is 6.07 Å². The van der Waals surface area contributed by atoms with Crippen LogP contribution in [0.15, 0.2) is 53.3 Å². The van der Waals surface area contributed by atoms with Crippen molar-refractivity contribution in [3.63, 3.8) is 0 Å². The number of carbonyl (C=O) groups is 1. The highest BCUT2D eigenvalue weighted by Gasteiger charge is 2.56. The third-order valence-corrected chi connectivity index (χ3v) is 5.14. The minimum Gasteiger partial charge on any atom is -0.510 e. The Morgan fingerprint density at radius 2 is 1.91 bits per heavy atom. The Bertz CT molecular complexity index is 768. The molecule has 0 radical (unpaired) electrons. The number of aliphatic hydroxyl groups is 1. The molecule has 0 saturated heterocycles. The van der Waals surface area contributed by atoms with Crippen molar-refractivity contribution in [3.05, 3.63) is 58.9 Å². The number of likely N-dealkylation sites (N-methyl/N-ethyl adjacent to an activating group) is 1. The largest absolute Gasteiger partial charge is 0.510 e. The van der Waals surface area contributed by atoms with Crippen LogP contribution in [0, 0.1) is 16.7 Å². The lowest BCUT2D eigenvalue weighted by Crippen LogP contribution is -2.55. The zero-order valence-corrected chi connectivity index (χ0v) is 13.6. The molecule has 0 aromatic heterocycles. The van der Waals surface area contributed by atoms with Gasteiger partial charge in [0, 0.05) is 25.4 Å². The first-order chi connectivity index (χ1) is 10.9. The monoisotopic (exact) mass is 308 g/mol. The van der Waals surface area contributed by atoms with Crippen LogP contribution in [0.3, 0.4) is 0 Å². The van der Waals surface area contributed by atoms with Crippen LogP contribution in [0.1, 0.15) is 25.8 Å². The van der Waals surface area contributed by atoms with Crippen molar-refractivity contribution in [1.29, 1.82) is 5.26 Å². The Labute approximate surface area is 136 Å². The van der Waals surface area contributed by atoms with E-state index in [0.717, 1.165) is 11.1 Å². The van der Waals surface area contributed by atoms with E-state index >= 15 is 0 Å². The predicted molar refractivity (Wildman–Crippen MR) is 87.5 cm³/mol. The lowest BCUT2D eigenvalue weighted by molar-refractivity contribution is -0.135. The summed E-state index contributed by atoms with van der Waals surface area (Å²) >= 11 is 0. The van der Waals surface area contributed by atoms with Crippen molar-refractivity contribution in [1.82, 2.24) is 4.90 Å². The molecule has 1 aliphatic heterocycles. The fourth-order valence-electron chi connectivity index (χ4n) is 3.94. The standard InChI is InChI=1S/C19H20N2O2/c1-18(2)15-9-10-21(3)17(23)19(15,11-13(12-20)16(18)22)14-7-5-4-6-8-14/h4-9,22H,10-11H2,1-3H3. The molecule has 4 nitrogen and oxygen atoms in total. The van der Waals surface area contributed by atoms with E-state index in [0.29, 0.717) is 12.1 Å². The van der Waals surface area contributed by atoms with Gasteiger partial charge < -0.3 is 10.0 Å². The van der Waals surface area contributed by atoms with Crippen molar-refractivity contribution in [2.24, 2.45) is 5.41 Å². The van der Waals surface area contributed by atoms with Crippen LogP contribution >= 0.6 is 0 Å². The van der Waals surface area contributed by atoms with E-state index in [4.69, 9.17) is 0 Å². The van der Waals surface area contributed by atoms with Gasteiger partial charge in [0.25, 0.3) is 0 Å². The van der Waals surface area contributed by atoms with E-state index in [9.17, 15) is 15.2 Å². The summed E-state index contributed by atoms with van der Waals surface area (Å²) in [4.78, 5) is 14.9. The van der Waals surface area contributed by atoms with E-state index in [1.54, 1.807) is 11.9 Å². The molecule has 1 aliphatic carbocycles. The van der Waals surface area contributed by atoms with Gasteiger partial charge in [-0.2, -0.15) is 5.26 Å². The molecule has 1 N–H and O–H groups in total. The third-order valence-electron chi connectivity index (χ3n) is 5.14. The summed E-state index contributed by atoms with van der Waals surface area (Å²) < 4.78 is 0. The van der Waals surface area contributed by atoms with Crippen LogP contribution in [0.25, 0.3) is 0 Å². The van der Waals surface area contributed by atoms with Crippen molar-refractivity contribution in [3.8, 4) is 6.07 Å². The van der Waals surface area contributed by atoms with E-state index in [1.807, 2.05) is 50.3 Å². The summed E-state index contributed by atoms with van der Waals surface area (Å²) in [6.07, 6.45) is 2.23. The summed E-state index contributed by atoms with van der Waals surface area (Å²) in [5.41, 5.74) is 0.400. The molecule has 1 amide bonds. The number of amides is 1. The summed E-state index contributed by atoms with van der Waals surface area (Å²) in [5.74, 6) is 0.0599. The Balaban J connectivity index is 2.36. The average molecular weight is 308 g/mol. The summed E-state index contributed by atoms with van der Waals surface area (Å²) in [7, 11) is 1.78. The van der Waals surface area contributed by atoms with Gasteiger partial charge >= 0.3 is 0 Å². The minimum absolute atomic E-state index is 0.0190. The van der Waals surface area contributed by atoms with Gasteiger partial charge in [0.2, 0.25) is 5.91 Å². The zero-order valence-electron chi connectivity index (χ0n) is 13.6. The second-order valence-corrected chi connectivity index (χ2v) is 6.82. The fraction of sp³-hybridized carbons (Fsp3) is 0.368. The van der Waals surface area contributed by atoms with Gasteiger partial charge in [-0.1, -0.05) is 36.4 Å². The Hall–Kier alpha value is -2.54. The van der Waals surface area contributed by atoms with E-state index in [1.165, 1.54) is 0 Å². The molecule has 1 heterocycles. The maximum Gasteiger partial charge on any atom is 0.237 e. The molecule has 1 aromatic rings. The SMILES string of the molecule is CN1CC=C2C(C)(C)C(O)=C(C#N)CC2(c2ccccc2)C1=O.